The first-order valence-corrected chi connectivity index (χ1v) is 10.7. The number of hydrogen-bond acceptors (Lipinski definition) is 5. The number of halogens is 15. The molecule has 0 spiro atoms. The smallest absolute Gasteiger partial charge is 0.400 e. The zero-order valence-electron chi connectivity index (χ0n) is 16.3. The lowest BCUT2D eigenvalue weighted by atomic mass is 10.1. The van der Waals surface area contributed by atoms with Crippen LogP contribution in [-0.4, -0.2) is 52.3 Å². The summed E-state index contributed by atoms with van der Waals surface area (Å²) in [6.07, 6.45) is -35.5. The highest BCUT2D eigenvalue weighted by molar-refractivity contribution is 8.05. The molecule has 0 aliphatic carbocycles. The first-order chi connectivity index (χ1) is 15.5. The summed E-state index contributed by atoms with van der Waals surface area (Å²) in [6.45, 7) is 0. The third kappa shape index (κ3) is 6.10. The van der Waals surface area contributed by atoms with Crippen molar-refractivity contribution in [2.45, 2.75) is 40.5 Å². The van der Waals surface area contributed by atoms with E-state index >= 15 is 0 Å². The van der Waals surface area contributed by atoms with Gasteiger partial charge in [-0.05, 0) is 18.2 Å². The second-order valence-corrected chi connectivity index (χ2v) is 9.70. The average Bonchev–Trinajstić information content (AvgIpc) is 2.56. The van der Waals surface area contributed by atoms with Crippen LogP contribution < -0.4 is 4.13 Å². The predicted molar refractivity (Wildman–Crippen MR) is 84.7 cm³/mol. The Hall–Kier alpha value is -2.01. The number of alkyl halides is 15. The van der Waals surface area contributed by atoms with Crippen molar-refractivity contribution in [2.75, 3.05) is 7.11 Å². The molecule has 1 aromatic rings. The van der Waals surface area contributed by atoms with Crippen LogP contribution in [0.2, 0.25) is 0 Å². The van der Waals surface area contributed by atoms with Gasteiger partial charge in [-0.3, -0.25) is 0 Å². The summed E-state index contributed by atoms with van der Waals surface area (Å²) in [4.78, 5) is -2.93. The maximum Gasteiger partial charge on any atom is 0.427 e. The normalized spacial score (nSPS) is 14.8. The van der Waals surface area contributed by atoms with Crippen LogP contribution in [0.4, 0.5) is 65.9 Å². The van der Waals surface area contributed by atoms with Gasteiger partial charge < -0.3 is 5.11 Å². The lowest BCUT2D eigenvalue weighted by Crippen LogP contribution is -2.73. The molecule has 2 N–H and O–H groups in total. The Morgan fingerprint density at radius 2 is 1.00 bits per heavy atom. The lowest BCUT2D eigenvalue weighted by molar-refractivity contribution is -0.347. The first-order valence-electron chi connectivity index (χ1n) is 7.75. The molecule has 0 saturated carbocycles. The summed E-state index contributed by atoms with van der Waals surface area (Å²) in [5, 5.41) is 7.00. The van der Waals surface area contributed by atoms with Gasteiger partial charge >= 0.3 is 35.6 Å². The zero-order valence-corrected chi connectivity index (χ0v) is 17.9. The standard InChI is InChI=1S/C12H4F15NO4S2.CH4O/c13-7(14,15)4-1-2-5(8(16,17)18)6(3-4)33(29,30)28-34(31,32)9(10(19,20)21,11(22,23)24)12(25,26)27;1-2/h1-3,28H;2H,1H3. The molecule has 0 saturated heterocycles. The average molecular weight is 607 g/mol. The fraction of sp³-hybridized carbons (Fsp3) is 0.538. The van der Waals surface area contributed by atoms with Crippen LogP contribution in [-0.2, 0) is 32.4 Å². The molecule has 0 amide bonds. The fourth-order valence-corrected chi connectivity index (χ4v) is 6.03. The number of nitrogens with one attached hydrogen (secondary N) is 1. The molecule has 0 fully saturated rings. The van der Waals surface area contributed by atoms with Crippen molar-refractivity contribution < 1.29 is 87.8 Å². The van der Waals surface area contributed by atoms with Crippen LogP contribution in [0.15, 0.2) is 23.1 Å². The van der Waals surface area contributed by atoms with Gasteiger partial charge in [0.25, 0.3) is 20.0 Å². The van der Waals surface area contributed by atoms with Crippen LogP contribution in [0, 0.1) is 0 Å². The molecule has 0 radical (unpaired) electrons. The molecular formula is C13H8F15NO5S2. The van der Waals surface area contributed by atoms with E-state index in [4.69, 9.17) is 5.11 Å². The Morgan fingerprint density at radius 1 is 0.639 bits per heavy atom. The topological polar surface area (TPSA) is 101 Å². The Kier molecular flexibility index (Phi) is 9.16. The maximum absolute atomic E-state index is 13.0. The number of sulfonamides is 2. The van der Waals surface area contributed by atoms with Gasteiger partial charge in [0.05, 0.1) is 16.0 Å². The summed E-state index contributed by atoms with van der Waals surface area (Å²) < 4.78 is 232. The third-order valence-corrected chi connectivity index (χ3v) is 7.90. The van der Waals surface area contributed by atoms with E-state index in [1.807, 2.05) is 0 Å². The molecular weight excluding hydrogens is 599 g/mol. The van der Waals surface area contributed by atoms with Crippen molar-refractivity contribution in [2.24, 2.45) is 0 Å². The molecule has 0 heterocycles. The Labute approximate surface area is 189 Å². The SMILES string of the molecule is CO.O=S(=O)(NS(=O)(=O)C(C(F)(F)F)(C(F)(F)F)C(F)(F)F)c1cc(C(F)(F)F)ccc1C(F)(F)F. The largest absolute Gasteiger partial charge is 0.427 e. The minimum atomic E-state index is -8.44. The van der Waals surface area contributed by atoms with Crippen LogP contribution in [0.3, 0.4) is 0 Å². The van der Waals surface area contributed by atoms with E-state index in [1.165, 1.54) is 0 Å². The van der Waals surface area contributed by atoms with Crippen LogP contribution in [0.1, 0.15) is 11.1 Å². The van der Waals surface area contributed by atoms with Crippen LogP contribution >= 0.6 is 0 Å². The zero-order chi connectivity index (χ0) is 29.6. The number of benzene rings is 1. The highest BCUT2D eigenvalue weighted by Gasteiger charge is 2.91. The second kappa shape index (κ2) is 9.70. The molecule has 23 heteroatoms. The molecule has 1 rings (SSSR count). The quantitative estimate of drug-likeness (QED) is 0.496. The van der Waals surface area contributed by atoms with E-state index in [9.17, 15) is 82.7 Å². The van der Waals surface area contributed by atoms with Gasteiger partial charge in [0.2, 0.25) is 0 Å². The van der Waals surface area contributed by atoms with Crippen molar-refractivity contribution in [3.63, 3.8) is 0 Å². The molecule has 0 atom stereocenters. The molecule has 0 unspecified atom stereocenters. The summed E-state index contributed by atoms with van der Waals surface area (Å²) in [5.41, 5.74) is -5.10. The molecule has 1 aromatic carbocycles. The van der Waals surface area contributed by atoms with E-state index in [2.05, 4.69) is 0 Å². The molecule has 0 aliphatic heterocycles. The Bertz CT molecular complexity index is 1110. The first kappa shape index (κ1) is 34.0. The van der Waals surface area contributed by atoms with E-state index in [1.54, 1.807) is 0 Å². The maximum atomic E-state index is 13.0. The Balaban J connectivity index is 0.00000596. The van der Waals surface area contributed by atoms with E-state index in [0.717, 1.165) is 7.11 Å². The summed E-state index contributed by atoms with van der Waals surface area (Å²) in [7, 11) is -14.6. The van der Waals surface area contributed by atoms with Crippen molar-refractivity contribution in [3.05, 3.63) is 29.3 Å². The summed E-state index contributed by atoms with van der Waals surface area (Å²) in [5.74, 6) is 0. The summed E-state index contributed by atoms with van der Waals surface area (Å²) in [6, 6.07) is -2.21. The fourth-order valence-electron chi connectivity index (χ4n) is 2.35. The van der Waals surface area contributed by atoms with Gasteiger partial charge in [0.1, 0.15) is 0 Å². The number of aliphatic hydroxyl groups excluding tert-OH is 1. The highest BCUT2D eigenvalue weighted by atomic mass is 32.3. The molecule has 36 heavy (non-hydrogen) atoms. The van der Waals surface area contributed by atoms with Crippen molar-refractivity contribution in [1.82, 2.24) is 4.13 Å². The number of hydrogen-bond donors (Lipinski definition) is 2. The lowest BCUT2D eigenvalue weighted by Gasteiger charge is -2.37. The van der Waals surface area contributed by atoms with Gasteiger partial charge in [-0.25, -0.2) is 16.8 Å². The molecule has 0 aliphatic rings. The number of rotatable bonds is 4. The molecule has 6 nitrogen and oxygen atoms in total. The molecule has 212 valence electrons. The van der Waals surface area contributed by atoms with Gasteiger partial charge in [-0.1, -0.05) is 0 Å². The minimum Gasteiger partial charge on any atom is -0.400 e. The van der Waals surface area contributed by atoms with Crippen molar-refractivity contribution in [3.8, 4) is 0 Å². The van der Waals surface area contributed by atoms with Gasteiger partial charge in [-0.2, -0.15) is 65.9 Å². The number of aliphatic hydroxyl groups is 1. The van der Waals surface area contributed by atoms with Gasteiger partial charge in [0.15, 0.2) is 0 Å². The Morgan fingerprint density at radius 3 is 1.28 bits per heavy atom. The van der Waals surface area contributed by atoms with Crippen molar-refractivity contribution >= 4 is 20.0 Å². The van der Waals surface area contributed by atoms with Crippen LogP contribution in [0.5, 0.6) is 0 Å². The minimum absolute atomic E-state index is 0.457. The highest BCUT2D eigenvalue weighted by Crippen LogP contribution is 2.57. The van der Waals surface area contributed by atoms with Gasteiger partial charge in [0, 0.05) is 7.11 Å². The van der Waals surface area contributed by atoms with E-state index in [0.29, 0.717) is 0 Å². The van der Waals surface area contributed by atoms with Gasteiger partial charge in [-0.15, -0.1) is 4.13 Å². The molecule has 0 bridgehead atoms. The second-order valence-electron chi connectivity index (χ2n) is 5.97. The van der Waals surface area contributed by atoms with E-state index < -0.39 is 94.0 Å². The summed E-state index contributed by atoms with van der Waals surface area (Å²) >= 11 is 0. The third-order valence-electron chi connectivity index (χ3n) is 3.72. The van der Waals surface area contributed by atoms with Crippen molar-refractivity contribution in [1.29, 1.82) is 0 Å². The predicted octanol–water partition coefficient (Wildman–Crippen LogP) is 4.37. The van der Waals surface area contributed by atoms with Crippen LogP contribution in [0.25, 0.3) is 0 Å². The monoisotopic (exact) mass is 607 g/mol. The molecule has 0 aromatic heterocycles. The van der Waals surface area contributed by atoms with E-state index in [-0.39, 0.29) is 0 Å².